The Morgan fingerprint density at radius 1 is 1.32 bits per heavy atom. The number of nitrogens with zero attached hydrogens (tertiary/aromatic N) is 1. The van der Waals surface area contributed by atoms with Crippen LogP contribution in [-0.4, -0.2) is 37.7 Å². The zero-order valence-corrected chi connectivity index (χ0v) is 15.0. The fourth-order valence-corrected chi connectivity index (χ4v) is 3.38. The van der Waals surface area contributed by atoms with Gasteiger partial charge in [0.2, 0.25) is 5.91 Å². The molecule has 6 heteroatoms. The number of benzene rings is 1. The molecule has 1 fully saturated rings. The maximum atomic E-state index is 12.5. The molecular formula is C19H27N3O3. The van der Waals surface area contributed by atoms with Gasteiger partial charge in [0.25, 0.3) is 0 Å². The molecule has 2 N–H and O–H groups in total. The molecular weight excluding hydrogens is 318 g/mol. The van der Waals surface area contributed by atoms with Crippen molar-refractivity contribution in [3.63, 3.8) is 0 Å². The van der Waals surface area contributed by atoms with Gasteiger partial charge in [0, 0.05) is 37.0 Å². The Bertz CT molecular complexity index is 639. The number of hydrogen-bond acceptors (Lipinski definition) is 3. The van der Waals surface area contributed by atoms with Crippen LogP contribution in [0.25, 0.3) is 0 Å². The first-order chi connectivity index (χ1) is 12.0. The minimum absolute atomic E-state index is 0.0442. The zero-order valence-electron chi connectivity index (χ0n) is 15.0. The lowest BCUT2D eigenvalue weighted by molar-refractivity contribution is -0.121. The molecule has 3 rings (SSSR count). The van der Waals surface area contributed by atoms with Crippen molar-refractivity contribution in [3.05, 3.63) is 23.8 Å². The summed E-state index contributed by atoms with van der Waals surface area (Å²) in [6.07, 6.45) is 4.10. The second kappa shape index (κ2) is 7.87. The van der Waals surface area contributed by atoms with Crippen LogP contribution in [0.5, 0.6) is 0 Å². The van der Waals surface area contributed by atoms with Crippen LogP contribution in [0, 0.1) is 5.92 Å². The highest BCUT2D eigenvalue weighted by molar-refractivity contribution is 5.97. The van der Waals surface area contributed by atoms with Gasteiger partial charge in [-0.3, -0.25) is 4.79 Å². The highest BCUT2D eigenvalue weighted by Crippen LogP contribution is 2.31. The van der Waals surface area contributed by atoms with E-state index in [0.29, 0.717) is 12.2 Å². The van der Waals surface area contributed by atoms with E-state index in [2.05, 4.69) is 10.6 Å². The lowest BCUT2D eigenvalue weighted by atomic mass is 9.99. The summed E-state index contributed by atoms with van der Waals surface area (Å²) >= 11 is 0. The van der Waals surface area contributed by atoms with Crippen molar-refractivity contribution in [2.75, 3.05) is 29.9 Å². The number of aryl methyl sites for hydroxylation is 1. The molecule has 25 heavy (non-hydrogen) atoms. The molecule has 0 radical (unpaired) electrons. The Hall–Kier alpha value is -2.08. The van der Waals surface area contributed by atoms with Crippen LogP contribution in [-0.2, 0) is 16.0 Å². The number of carbonyl (C=O) groups is 2. The molecule has 1 aromatic carbocycles. The largest absolute Gasteiger partial charge is 0.376 e. The molecule has 3 amide bonds. The van der Waals surface area contributed by atoms with E-state index in [0.717, 1.165) is 50.1 Å². The lowest BCUT2D eigenvalue weighted by Crippen LogP contribution is -2.38. The Balaban J connectivity index is 1.65. The molecule has 0 bridgehead atoms. The van der Waals surface area contributed by atoms with Gasteiger partial charge >= 0.3 is 6.03 Å². The monoisotopic (exact) mass is 345 g/mol. The van der Waals surface area contributed by atoms with Crippen molar-refractivity contribution in [2.24, 2.45) is 5.92 Å². The van der Waals surface area contributed by atoms with Crippen molar-refractivity contribution < 1.29 is 14.3 Å². The first-order valence-corrected chi connectivity index (χ1v) is 9.15. The number of hydrogen-bond donors (Lipinski definition) is 2. The Kier molecular flexibility index (Phi) is 5.58. The van der Waals surface area contributed by atoms with Gasteiger partial charge in [0.05, 0.1) is 6.10 Å². The van der Waals surface area contributed by atoms with E-state index in [4.69, 9.17) is 4.74 Å². The summed E-state index contributed by atoms with van der Waals surface area (Å²) in [4.78, 5) is 26.4. The summed E-state index contributed by atoms with van der Waals surface area (Å²) in [7, 11) is 0. The minimum Gasteiger partial charge on any atom is -0.376 e. The van der Waals surface area contributed by atoms with Gasteiger partial charge in [0.15, 0.2) is 0 Å². The van der Waals surface area contributed by atoms with E-state index in [-0.39, 0.29) is 24.0 Å². The second-order valence-electron chi connectivity index (χ2n) is 7.06. The van der Waals surface area contributed by atoms with E-state index >= 15 is 0 Å². The van der Waals surface area contributed by atoms with Crippen molar-refractivity contribution in [1.29, 1.82) is 0 Å². The quantitative estimate of drug-likeness (QED) is 0.881. The van der Waals surface area contributed by atoms with Crippen LogP contribution in [0.4, 0.5) is 16.2 Å². The van der Waals surface area contributed by atoms with Gasteiger partial charge in [-0.1, -0.05) is 19.9 Å². The first-order valence-electron chi connectivity index (χ1n) is 9.15. The van der Waals surface area contributed by atoms with Gasteiger partial charge in [0.1, 0.15) is 0 Å². The van der Waals surface area contributed by atoms with Gasteiger partial charge in [-0.2, -0.15) is 0 Å². The highest BCUT2D eigenvalue weighted by Gasteiger charge is 2.25. The normalized spacial score (nSPS) is 19.6. The van der Waals surface area contributed by atoms with Crippen LogP contribution >= 0.6 is 0 Å². The number of carbonyl (C=O) groups excluding carboxylic acids is 2. The molecule has 1 aromatic rings. The number of rotatable bonds is 4. The van der Waals surface area contributed by atoms with Crippen molar-refractivity contribution in [3.8, 4) is 0 Å². The summed E-state index contributed by atoms with van der Waals surface area (Å²) in [6.45, 7) is 5.86. The van der Waals surface area contributed by atoms with Crippen LogP contribution in [0.15, 0.2) is 18.2 Å². The van der Waals surface area contributed by atoms with E-state index < -0.39 is 0 Å². The summed E-state index contributed by atoms with van der Waals surface area (Å²) < 4.78 is 5.50. The van der Waals surface area contributed by atoms with Crippen molar-refractivity contribution in [1.82, 2.24) is 5.32 Å². The highest BCUT2D eigenvalue weighted by atomic mass is 16.5. The van der Waals surface area contributed by atoms with Crippen LogP contribution in [0.2, 0.25) is 0 Å². The third kappa shape index (κ3) is 4.31. The van der Waals surface area contributed by atoms with E-state index in [1.807, 2.05) is 36.9 Å². The molecule has 1 saturated heterocycles. The fourth-order valence-electron chi connectivity index (χ4n) is 3.38. The molecule has 136 valence electrons. The second-order valence-corrected chi connectivity index (χ2v) is 7.06. The first kappa shape index (κ1) is 17.7. The molecule has 0 aromatic heterocycles. The van der Waals surface area contributed by atoms with E-state index in [1.165, 1.54) is 0 Å². The molecule has 2 heterocycles. The van der Waals surface area contributed by atoms with E-state index in [1.54, 1.807) is 0 Å². The fraction of sp³-hybridized carbons (Fsp3) is 0.579. The number of ether oxygens (including phenoxy) is 1. The summed E-state index contributed by atoms with van der Waals surface area (Å²) in [6, 6.07) is 5.56. The topological polar surface area (TPSA) is 70.7 Å². The molecule has 1 atom stereocenters. The predicted octanol–water partition coefficient (Wildman–Crippen LogP) is 2.92. The van der Waals surface area contributed by atoms with Gasteiger partial charge < -0.3 is 20.3 Å². The molecule has 2 aliphatic heterocycles. The summed E-state index contributed by atoms with van der Waals surface area (Å²) in [5, 5.41) is 5.71. The van der Waals surface area contributed by atoms with Crippen LogP contribution < -0.4 is 15.5 Å². The smallest absolute Gasteiger partial charge is 0.319 e. The Morgan fingerprint density at radius 2 is 2.16 bits per heavy atom. The Morgan fingerprint density at radius 3 is 2.88 bits per heavy atom. The number of amides is 3. The SMILES string of the molecule is CC(C)C(=O)N1CCCc2ccc(NC(=O)NC[C@@H]3CCCO3)cc21. The lowest BCUT2D eigenvalue weighted by Gasteiger charge is -2.31. The average Bonchev–Trinajstić information content (AvgIpc) is 3.12. The van der Waals surface area contributed by atoms with Crippen LogP contribution in [0.1, 0.15) is 38.7 Å². The maximum Gasteiger partial charge on any atom is 0.319 e. The number of urea groups is 1. The number of fused-ring (bicyclic) bond motifs is 1. The van der Waals surface area contributed by atoms with Crippen LogP contribution in [0.3, 0.4) is 0 Å². The molecule has 0 saturated carbocycles. The molecule has 0 unspecified atom stereocenters. The zero-order chi connectivity index (χ0) is 17.8. The minimum atomic E-state index is -0.243. The van der Waals surface area contributed by atoms with Crippen molar-refractivity contribution >= 4 is 23.3 Å². The van der Waals surface area contributed by atoms with Crippen molar-refractivity contribution in [2.45, 2.75) is 45.6 Å². The van der Waals surface area contributed by atoms with Gasteiger partial charge in [-0.05, 0) is 43.4 Å². The standard InChI is InChI=1S/C19H27N3O3/c1-13(2)18(23)22-9-3-5-14-7-8-15(11-17(14)22)21-19(24)20-12-16-6-4-10-25-16/h7-8,11,13,16H,3-6,9-10,12H2,1-2H3,(H2,20,21,24)/t16-/m0/s1. The average molecular weight is 345 g/mol. The Labute approximate surface area is 148 Å². The predicted molar refractivity (Wildman–Crippen MR) is 97.9 cm³/mol. The summed E-state index contributed by atoms with van der Waals surface area (Å²) in [5.41, 5.74) is 2.78. The number of nitrogens with one attached hydrogen (secondary N) is 2. The van der Waals surface area contributed by atoms with Gasteiger partial charge in [-0.15, -0.1) is 0 Å². The van der Waals surface area contributed by atoms with Gasteiger partial charge in [-0.25, -0.2) is 4.79 Å². The maximum absolute atomic E-state index is 12.5. The molecule has 2 aliphatic rings. The third-order valence-electron chi connectivity index (χ3n) is 4.74. The number of anilines is 2. The third-order valence-corrected chi connectivity index (χ3v) is 4.74. The van der Waals surface area contributed by atoms with E-state index in [9.17, 15) is 9.59 Å². The molecule has 0 aliphatic carbocycles. The molecule has 6 nitrogen and oxygen atoms in total. The summed E-state index contributed by atoms with van der Waals surface area (Å²) in [5.74, 6) is 0.0817. The molecule has 0 spiro atoms.